The summed E-state index contributed by atoms with van der Waals surface area (Å²) >= 11 is 0. The number of aromatic nitrogens is 1. The molecule has 0 saturated heterocycles. The highest BCUT2D eigenvalue weighted by Crippen LogP contribution is 2.39. The highest BCUT2D eigenvalue weighted by molar-refractivity contribution is 6.35. The number of aromatic hydroxyl groups is 2. The summed E-state index contributed by atoms with van der Waals surface area (Å²) in [7, 11) is 0. The summed E-state index contributed by atoms with van der Waals surface area (Å²) in [6, 6.07) is 21.7. The number of carboxylic acids is 1. The highest BCUT2D eigenvalue weighted by atomic mass is 19.1. The van der Waals surface area contributed by atoms with Gasteiger partial charge in [-0.3, -0.25) is 14.4 Å². The number of amides is 2. The number of carboxylic acid groups (broad SMARTS) is 1. The Balaban J connectivity index is 0.000000193. The first-order valence-corrected chi connectivity index (χ1v) is 18.5. The number of likely N-dealkylation sites (N-methyl/N-ethyl adjacent to an activating group) is 1. The zero-order valence-corrected chi connectivity index (χ0v) is 32.0. The Kier molecular flexibility index (Phi) is 11.8. The lowest BCUT2D eigenvalue weighted by Crippen LogP contribution is -2.35. The number of carbonyl (C=O) groups excluding carboxylic acids is 3. The molecule has 12 heteroatoms. The van der Waals surface area contributed by atoms with Gasteiger partial charge in [0.2, 0.25) is 0 Å². The molecule has 292 valence electrons. The first-order valence-electron chi connectivity index (χ1n) is 18.5. The third kappa shape index (κ3) is 8.12. The molecule has 11 nitrogen and oxygen atoms in total. The van der Waals surface area contributed by atoms with E-state index in [0.717, 1.165) is 41.7 Å². The number of fused-ring (bicyclic) bond motifs is 3. The molecule has 6 aromatic rings. The van der Waals surface area contributed by atoms with E-state index in [4.69, 9.17) is 0 Å². The van der Waals surface area contributed by atoms with Gasteiger partial charge in [-0.1, -0.05) is 62.4 Å². The number of aryl methyl sites for hydroxylation is 1. The molecule has 2 amide bonds. The van der Waals surface area contributed by atoms with Crippen LogP contribution in [0.1, 0.15) is 78.6 Å². The molecule has 57 heavy (non-hydrogen) atoms. The van der Waals surface area contributed by atoms with Gasteiger partial charge in [-0.2, -0.15) is 0 Å². The fourth-order valence-electron chi connectivity index (χ4n) is 7.30. The van der Waals surface area contributed by atoms with Crippen LogP contribution in [0.5, 0.6) is 11.5 Å². The van der Waals surface area contributed by atoms with Crippen molar-refractivity contribution in [2.75, 3.05) is 31.5 Å². The number of nitrogens with one attached hydrogen (secondary N) is 3. The lowest BCUT2D eigenvalue weighted by molar-refractivity contribution is -0.110. The molecule has 0 atom stereocenters. The average Bonchev–Trinajstić information content (AvgIpc) is 3.66. The largest absolute Gasteiger partial charge is 0.507 e. The van der Waals surface area contributed by atoms with Gasteiger partial charge in [-0.05, 0) is 90.5 Å². The SMILES string of the molecule is CCN(CC)CCNC(=O)c1c(C)[nH]c(/C=C2\C(=O)Nc3ccc(F)cc32)c1C.O=Cc1cc2ccccc2c(Cc2c(O)c(C(=O)O)cc3ccccc23)c1O. The molecule has 5 aromatic carbocycles. The number of nitrogens with zero attached hydrogens (tertiary/aromatic N) is 1. The van der Waals surface area contributed by atoms with Gasteiger partial charge >= 0.3 is 5.97 Å². The van der Waals surface area contributed by atoms with E-state index < -0.39 is 11.8 Å². The number of aromatic amines is 1. The summed E-state index contributed by atoms with van der Waals surface area (Å²) in [4.78, 5) is 53.5. The summed E-state index contributed by atoms with van der Waals surface area (Å²) in [5, 5.41) is 39.4. The van der Waals surface area contributed by atoms with E-state index in [2.05, 4.69) is 34.4 Å². The zero-order valence-electron chi connectivity index (χ0n) is 32.0. The second-order valence-electron chi connectivity index (χ2n) is 13.7. The number of hydrogen-bond acceptors (Lipinski definition) is 7. The third-order valence-corrected chi connectivity index (χ3v) is 10.4. The van der Waals surface area contributed by atoms with Crippen molar-refractivity contribution in [3.05, 3.63) is 135 Å². The van der Waals surface area contributed by atoms with E-state index in [9.17, 15) is 38.9 Å². The van der Waals surface area contributed by atoms with Crippen LogP contribution in [0.25, 0.3) is 33.2 Å². The van der Waals surface area contributed by atoms with Crippen molar-refractivity contribution < 1.29 is 38.9 Å². The van der Waals surface area contributed by atoms with Crippen LogP contribution in [0.4, 0.5) is 10.1 Å². The first kappa shape index (κ1) is 39.9. The van der Waals surface area contributed by atoms with Gasteiger partial charge in [-0.25, -0.2) is 9.18 Å². The molecule has 2 heterocycles. The number of rotatable bonds is 11. The molecular weight excluding hydrogens is 728 g/mol. The number of phenols is 2. The summed E-state index contributed by atoms with van der Waals surface area (Å²) in [6.45, 7) is 11.1. The normalized spacial score (nSPS) is 12.7. The maximum Gasteiger partial charge on any atom is 0.339 e. The molecule has 7 rings (SSSR count). The molecule has 0 bridgehead atoms. The van der Waals surface area contributed by atoms with Crippen LogP contribution in [-0.2, 0) is 11.2 Å². The van der Waals surface area contributed by atoms with E-state index in [-0.39, 0.29) is 40.9 Å². The molecule has 0 spiro atoms. The monoisotopic (exact) mass is 770 g/mol. The Morgan fingerprint density at radius 3 is 2.14 bits per heavy atom. The Bertz CT molecular complexity index is 2590. The first-order chi connectivity index (χ1) is 27.4. The molecular formula is C45H43FN4O7. The molecule has 0 unspecified atom stereocenters. The number of anilines is 1. The molecule has 6 N–H and O–H groups in total. The second-order valence-corrected chi connectivity index (χ2v) is 13.7. The van der Waals surface area contributed by atoms with E-state index in [1.807, 2.05) is 38.1 Å². The number of halogens is 1. The number of phenolic OH excluding ortho intramolecular Hbond substituents is 1. The van der Waals surface area contributed by atoms with Crippen LogP contribution in [0, 0.1) is 19.7 Å². The number of hydrogen-bond donors (Lipinski definition) is 6. The van der Waals surface area contributed by atoms with Crippen LogP contribution in [-0.4, -0.2) is 75.5 Å². The van der Waals surface area contributed by atoms with Gasteiger partial charge < -0.3 is 35.8 Å². The van der Waals surface area contributed by atoms with Crippen molar-refractivity contribution in [2.24, 2.45) is 0 Å². The van der Waals surface area contributed by atoms with Gasteiger partial charge in [-0.15, -0.1) is 0 Å². The maximum absolute atomic E-state index is 13.7. The minimum Gasteiger partial charge on any atom is -0.507 e. The number of H-pyrrole nitrogens is 1. The van der Waals surface area contributed by atoms with Crippen LogP contribution in [0.15, 0.2) is 78.9 Å². The van der Waals surface area contributed by atoms with Crippen molar-refractivity contribution in [1.29, 1.82) is 0 Å². The van der Waals surface area contributed by atoms with Gasteiger partial charge in [0.25, 0.3) is 11.8 Å². The molecule has 1 aliphatic rings. The number of benzene rings is 5. The topological polar surface area (TPSA) is 172 Å². The van der Waals surface area contributed by atoms with E-state index in [1.165, 1.54) is 18.2 Å². The summed E-state index contributed by atoms with van der Waals surface area (Å²) in [5.74, 6) is -2.58. The molecule has 0 radical (unpaired) electrons. The van der Waals surface area contributed by atoms with Crippen molar-refractivity contribution in [1.82, 2.24) is 15.2 Å². The maximum atomic E-state index is 13.7. The third-order valence-electron chi connectivity index (χ3n) is 10.4. The number of aromatic carboxylic acids is 1. The van der Waals surface area contributed by atoms with Crippen molar-refractivity contribution in [3.8, 4) is 11.5 Å². The zero-order chi connectivity index (χ0) is 41.0. The Labute approximate surface area is 328 Å². The van der Waals surface area contributed by atoms with Gasteiger partial charge in [0, 0.05) is 53.3 Å². The summed E-state index contributed by atoms with van der Waals surface area (Å²) in [6.07, 6.45) is 2.33. The quantitative estimate of drug-likeness (QED) is 0.0571. The molecule has 0 aliphatic carbocycles. The Morgan fingerprint density at radius 1 is 0.877 bits per heavy atom. The van der Waals surface area contributed by atoms with Gasteiger partial charge in [0.05, 0.1) is 16.7 Å². The Morgan fingerprint density at radius 2 is 1.51 bits per heavy atom. The molecule has 1 aromatic heterocycles. The van der Waals surface area contributed by atoms with Crippen LogP contribution in [0.3, 0.4) is 0 Å². The van der Waals surface area contributed by atoms with Crippen molar-refractivity contribution in [2.45, 2.75) is 34.1 Å². The van der Waals surface area contributed by atoms with Crippen LogP contribution < -0.4 is 10.6 Å². The standard InChI is InChI=1S/C23H16O5.C22H27FN4O2/c24-12-15-9-13-5-1-3-7-16(13)18(21(15)25)11-19-17-8-4-2-6-14(17)10-20(22(19)26)23(27)28;1-5-27(6-2)10-9-24-22(29)20-13(3)19(25-14(20)4)12-17-16-11-15(23)7-8-18(16)26-21(17)28/h1-10,12,25-26H,11H2,(H,27,28);7-8,11-12,25H,5-6,9-10H2,1-4H3,(H,24,29)(H,26,28)/b;17-12-. The minimum absolute atomic E-state index is 0.0709. The summed E-state index contributed by atoms with van der Waals surface area (Å²) in [5.41, 5.74) is 4.99. The minimum atomic E-state index is -1.24. The predicted octanol–water partition coefficient (Wildman–Crippen LogP) is 7.84. The molecule has 0 saturated carbocycles. The average molecular weight is 771 g/mol. The van der Waals surface area contributed by atoms with Gasteiger partial charge in [0.1, 0.15) is 22.9 Å². The fourth-order valence-corrected chi connectivity index (χ4v) is 7.30. The van der Waals surface area contributed by atoms with Gasteiger partial charge in [0.15, 0.2) is 6.29 Å². The van der Waals surface area contributed by atoms with Crippen LogP contribution >= 0.6 is 0 Å². The highest BCUT2D eigenvalue weighted by Gasteiger charge is 2.26. The van der Waals surface area contributed by atoms with Crippen molar-refractivity contribution >= 4 is 63.0 Å². The van der Waals surface area contributed by atoms with Crippen LogP contribution in [0.2, 0.25) is 0 Å². The smallest absolute Gasteiger partial charge is 0.339 e. The molecule has 0 fully saturated rings. The van der Waals surface area contributed by atoms with Crippen molar-refractivity contribution in [3.63, 3.8) is 0 Å². The second kappa shape index (κ2) is 16.9. The fraction of sp³-hybridized carbons (Fsp3) is 0.200. The number of aldehydes is 1. The lowest BCUT2D eigenvalue weighted by Gasteiger charge is -2.18. The van der Waals surface area contributed by atoms with E-state index in [1.54, 1.807) is 42.5 Å². The predicted molar refractivity (Wildman–Crippen MR) is 220 cm³/mol. The Hall–Kier alpha value is -6.79. The lowest BCUT2D eigenvalue weighted by atomic mass is 9.90. The van der Waals surface area contributed by atoms with E-state index in [0.29, 0.717) is 62.8 Å². The number of carbonyl (C=O) groups is 4. The van der Waals surface area contributed by atoms with E-state index >= 15 is 0 Å². The molecule has 1 aliphatic heterocycles. The summed E-state index contributed by atoms with van der Waals surface area (Å²) < 4.78 is 13.7.